The molecule has 1 saturated heterocycles. The zero-order valence-electron chi connectivity index (χ0n) is 11.3. The number of aryl methyl sites for hydroxylation is 1. The normalized spacial score (nSPS) is 19.5. The maximum atomic E-state index is 11.9. The standard InChI is InChI=1S/C13H21N3O2S/c1-2-11-8-15-12(19-11)5-6-14-13(18)16-7-3-4-10(17)9-16/h8,10,17H,2-7,9H2,1H3,(H,14,18). The molecule has 0 bridgehead atoms. The molecular formula is C13H21N3O2S. The van der Waals surface area contributed by atoms with Crippen molar-refractivity contribution in [2.45, 2.75) is 38.7 Å². The summed E-state index contributed by atoms with van der Waals surface area (Å²) >= 11 is 1.70. The minimum atomic E-state index is -0.370. The highest BCUT2D eigenvalue weighted by Gasteiger charge is 2.21. The molecule has 1 atom stereocenters. The fraction of sp³-hybridized carbons (Fsp3) is 0.692. The first kappa shape index (κ1) is 14.3. The molecule has 1 aromatic heterocycles. The fourth-order valence-electron chi connectivity index (χ4n) is 2.15. The van der Waals surface area contributed by atoms with Crippen LogP contribution in [0, 0.1) is 0 Å². The SMILES string of the molecule is CCc1cnc(CCNC(=O)N2CCCC(O)C2)s1. The molecule has 0 saturated carbocycles. The number of aliphatic hydroxyl groups excluding tert-OH is 1. The summed E-state index contributed by atoms with van der Waals surface area (Å²) in [6.07, 6.45) is 4.99. The number of nitrogens with one attached hydrogen (secondary N) is 1. The molecule has 5 nitrogen and oxygen atoms in total. The number of thiazole rings is 1. The van der Waals surface area contributed by atoms with E-state index in [1.807, 2.05) is 6.20 Å². The van der Waals surface area contributed by atoms with Crippen LogP contribution in [0.1, 0.15) is 29.7 Å². The molecule has 0 aliphatic carbocycles. The summed E-state index contributed by atoms with van der Waals surface area (Å²) in [5.41, 5.74) is 0. The number of hydrogen-bond acceptors (Lipinski definition) is 4. The topological polar surface area (TPSA) is 65.5 Å². The lowest BCUT2D eigenvalue weighted by molar-refractivity contribution is 0.0843. The highest BCUT2D eigenvalue weighted by atomic mass is 32.1. The van der Waals surface area contributed by atoms with Gasteiger partial charge in [-0.3, -0.25) is 0 Å². The molecule has 1 aromatic rings. The number of amides is 2. The van der Waals surface area contributed by atoms with E-state index in [1.54, 1.807) is 16.2 Å². The Morgan fingerprint density at radius 1 is 1.68 bits per heavy atom. The van der Waals surface area contributed by atoms with Gasteiger partial charge in [-0.1, -0.05) is 6.92 Å². The molecule has 1 fully saturated rings. The van der Waals surface area contributed by atoms with Crippen LogP contribution < -0.4 is 5.32 Å². The lowest BCUT2D eigenvalue weighted by Crippen LogP contribution is -2.47. The predicted molar refractivity (Wildman–Crippen MR) is 75.4 cm³/mol. The van der Waals surface area contributed by atoms with E-state index < -0.39 is 0 Å². The molecule has 19 heavy (non-hydrogen) atoms. The summed E-state index contributed by atoms with van der Waals surface area (Å²) in [6, 6.07) is -0.0778. The molecule has 2 rings (SSSR count). The van der Waals surface area contributed by atoms with Gasteiger partial charge in [-0.25, -0.2) is 9.78 Å². The average molecular weight is 283 g/mol. The van der Waals surface area contributed by atoms with Crippen LogP contribution in [-0.4, -0.2) is 46.8 Å². The van der Waals surface area contributed by atoms with Crippen molar-refractivity contribution in [2.24, 2.45) is 0 Å². The molecule has 2 amide bonds. The van der Waals surface area contributed by atoms with Crippen molar-refractivity contribution in [3.63, 3.8) is 0 Å². The minimum Gasteiger partial charge on any atom is -0.391 e. The number of nitrogens with zero attached hydrogens (tertiary/aromatic N) is 2. The Balaban J connectivity index is 1.71. The van der Waals surface area contributed by atoms with Gasteiger partial charge in [0, 0.05) is 37.1 Å². The molecule has 1 unspecified atom stereocenters. The number of carbonyl (C=O) groups excluding carboxylic acids is 1. The Kier molecular flexibility index (Phi) is 5.15. The molecule has 2 heterocycles. The van der Waals surface area contributed by atoms with E-state index in [9.17, 15) is 9.90 Å². The lowest BCUT2D eigenvalue weighted by atomic mass is 10.1. The number of rotatable bonds is 4. The lowest BCUT2D eigenvalue weighted by Gasteiger charge is -2.30. The maximum absolute atomic E-state index is 11.9. The minimum absolute atomic E-state index is 0.0778. The number of β-amino-alcohol motifs (C(OH)–C–C–N with tert-alkyl or cyclic N) is 1. The average Bonchev–Trinajstić information content (AvgIpc) is 2.86. The molecular weight excluding hydrogens is 262 g/mol. The van der Waals surface area contributed by atoms with Crippen LogP contribution in [-0.2, 0) is 12.8 Å². The van der Waals surface area contributed by atoms with Crippen LogP contribution in [0.4, 0.5) is 4.79 Å². The highest BCUT2D eigenvalue weighted by Crippen LogP contribution is 2.13. The van der Waals surface area contributed by atoms with Gasteiger partial charge in [-0.2, -0.15) is 0 Å². The second-order valence-corrected chi connectivity index (χ2v) is 6.00. The summed E-state index contributed by atoms with van der Waals surface area (Å²) in [6.45, 7) is 3.89. The maximum Gasteiger partial charge on any atom is 0.317 e. The van der Waals surface area contributed by atoms with Gasteiger partial charge in [-0.05, 0) is 19.3 Å². The van der Waals surface area contributed by atoms with Crippen LogP contribution >= 0.6 is 11.3 Å². The van der Waals surface area contributed by atoms with Crippen LogP contribution in [0.5, 0.6) is 0 Å². The molecule has 1 aliphatic rings. The van der Waals surface area contributed by atoms with Crippen molar-refractivity contribution in [3.05, 3.63) is 16.1 Å². The molecule has 106 valence electrons. The van der Waals surface area contributed by atoms with Gasteiger partial charge in [0.1, 0.15) is 0 Å². The van der Waals surface area contributed by atoms with E-state index in [0.29, 0.717) is 13.1 Å². The summed E-state index contributed by atoms with van der Waals surface area (Å²) in [7, 11) is 0. The number of hydrogen-bond donors (Lipinski definition) is 2. The van der Waals surface area contributed by atoms with Crippen LogP contribution in [0.25, 0.3) is 0 Å². The molecule has 1 aliphatic heterocycles. The second-order valence-electron chi connectivity index (χ2n) is 4.80. The monoisotopic (exact) mass is 283 g/mol. The number of aliphatic hydroxyl groups is 1. The van der Waals surface area contributed by atoms with Crippen molar-refractivity contribution in [2.75, 3.05) is 19.6 Å². The number of aromatic nitrogens is 1. The van der Waals surface area contributed by atoms with Crippen LogP contribution in [0.15, 0.2) is 6.20 Å². The van der Waals surface area contributed by atoms with E-state index in [0.717, 1.165) is 37.2 Å². The van der Waals surface area contributed by atoms with Gasteiger partial charge in [0.2, 0.25) is 0 Å². The number of urea groups is 1. The zero-order chi connectivity index (χ0) is 13.7. The first-order valence-corrected chi connectivity index (χ1v) is 7.65. The van der Waals surface area contributed by atoms with E-state index in [2.05, 4.69) is 17.2 Å². The summed E-state index contributed by atoms with van der Waals surface area (Å²) < 4.78 is 0. The summed E-state index contributed by atoms with van der Waals surface area (Å²) in [5, 5.41) is 13.5. The first-order chi connectivity index (χ1) is 9.19. The van der Waals surface area contributed by atoms with Gasteiger partial charge in [0.25, 0.3) is 0 Å². The van der Waals surface area contributed by atoms with Gasteiger partial charge in [0.15, 0.2) is 0 Å². The smallest absolute Gasteiger partial charge is 0.317 e. The third-order valence-corrected chi connectivity index (χ3v) is 4.45. The first-order valence-electron chi connectivity index (χ1n) is 6.83. The van der Waals surface area contributed by atoms with E-state index in [1.165, 1.54) is 4.88 Å². The Morgan fingerprint density at radius 2 is 2.53 bits per heavy atom. The fourth-order valence-corrected chi connectivity index (χ4v) is 3.02. The second kappa shape index (κ2) is 6.86. The highest BCUT2D eigenvalue weighted by molar-refractivity contribution is 7.11. The molecule has 0 aromatic carbocycles. The number of carbonyl (C=O) groups is 1. The number of piperidine rings is 1. The Bertz CT molecular complexity index is 422. The van der Waals surface area contributed by atoms with Crippen molar-refractivity contribution in [1.29, 1.82) is 0 Å². The van der Waals surface area contributed by atoms with E-state index in [-0.39, 0.29) is 12.1 Å². The molecule has 0 radical (unpaired) electrons. The van der Waals surface area contributed by atoms with Crippen LogP contribution in [0.3, 0.4) is 0 Å². The summed E-state index contributed by atoms with van der Waals surface area (Å²) in [4.78, 5) is 19.2. The third kappa shape index (κ3) is 4.18. The van der Waals surface area contributed by atoms with Crippen molar-refractivity contribution in [3.8, 4) is 0 Å². The summed E-state index contributed by atoms with van der Waals surface area (Å²) in [5.74, 6) is 0. The molecule has 6 heteroatoms. The van der Waals surface area contributed by atoms with Gasteiger partial charge >= 0.3 is 6.03 Å². The zero-order valence-corrected chi connectivity index (χ0v) is 12.1. The quantitative estimate of drug-likeness (QED) is 0.878. The largest absolute Gasteiger partial charge is 0.391 e. The van der Waals surface area contributed by atoms with Crippen molar-refractivity contribution >= 4 is 17.4 Å². The Morgan fingerprint density at radius 3 is 3.21 bits per heavy atom. The van der Waals surface area contributed by atoms with Crippen molar-refractivity contribution in [1.82, 2.24) is 15.2 Å². The van der Waals surface area contributed by atoms with E-state index >= 15 is 0 Å². The Hall–Kier alpha value is -1.14. The van der Waals surface area contributed by atoms with E-state index in [4.69, 9.17) is 0 Å². The number of likely N-dealkylation sites (tertiary alicyclic amines) is 1. The molecule has 0 spiro atoms. The Labute approximate surface area is 117 Å². The van der Waals surface area contributed by atoms with Gasteiger partial charge in [0.05, 0.1) is 11.1 Å². The predicted octanol–water partition coefficient (Wildman–Crippen LogP) is 1.41. The molecule has 2 N–H and O–H groups in total. The van der Waals surface area contributed by atoms with Crippen molar-refractivity contribution < 1.29 is 9.90 Å². The third-order valence-electron chi connectivity index (χ3n) is 3.25. The van der Waals surface area contributed by atoms with Gasteiger partial charge < -0.3 is 15.3 Å². The van der Waals surface area contributed by atoms with Gasteiger partial charge in [-0.15, -0.1) is 11.3 Å². The van der Waals surface area contributed by atoms with Crippen LogP contribution in [0.2, 0.25) is 0 Å².